The lowest BCUT2D eigenvalue weighted by Crippen LogP contribution is -2.47. The Hall–Kier alpha value is -0.650. The Labute approximate surface area is 111 Å². The first-order valence-electron chi connectivity index (χ1n) is 6.89. The van der Waals surface area contributed by atoms with Gasteiger partial charge in [0, 0.05) is 19.7 Å². The summed E-state index contributed by atoms with van der Waals surface area (Å²) in [5.41, 5.74) is 0. The summed E-state index contributed by atoms with van der Waals surface area (Å²) in [6, 6.07) is -0.253. The number of hydrogen-bond acceptors (Lipinski definition) is 5. The average Bonchev–Trinajstić information content (AvgIpc) is 2.37. The first-order valence-corrected chi connectivity index (χ1v) is 6.89. The molecule has 5 heteroatoms. The molecule has 0 spiro atoms. The summed E-state index contributed by atoms with van der Waals surface area (Å²) in [4.78, 5) is 14.0. The highest BCUT2D eigenvalue weighted by molar-refractivity contribution is 5.76. The average molecular weight is 260 g/mol. The van der Waals surface area contributed by atoms with Crippen molar-refractivity contribution in [2.45, 2.75) is 33.7 Å². The van der Waals surface area contributed by atoms with Gasteiger partial charge < -0.3 is 14.8 Å². The van der Waals surface area contributed by atoms with Crippen LogP contribution in [0, 0.1) is 0 Å². The fourth-order valence-electron chi connectivity index (χ4n) is 1.69. The van der Waals surface area contributed by atoms with Crippen LogP contribution < -0.4 is 5.32 Å². The molecule has 0 aromatic carbocycles. The van der Waals surface area contributed by atoms with E-state index in [1.165, 1.54) is 0 Å². The van der Waals surface area contributed by atoms with Crippen molar-refractivity contribution in [2.75, 3.05) is 46.0 Å². The second-order valence-electron chi connectivity index (χ2n) is 3.95. The van der Waals surface area contributed by atoms with Crippen LogP contribution in [0.1, 0.15) is 27.7 Å². The maximum atomic E-state index is 11.8. The van der Waals surface area contributed by atoms with E-state index in [0.717, 1.165) is 26.2 Å². The van der Waals surface area contributed by atoms with Crippen LogP contribution in [-0.2, 0) is 14.3 Å². The Morgan fingerprint density at radius 1 is 1.22 bits per heavy atom. The molecule has 0 aromatic heterocycles. The fraction of sp³-hybridized carbons (Fsp3) is 0.923. The summed E-state index contributed by atoms with van der Waals surface area (Å²) in [7, 11) is 0. The van der Waals surface area contributed by atoms with Crippen LogP contribution in [-0.4, -0.2) is 62.9 Å². The summed E-state index contributed by atoms with van der Waals surface area (Å²) in [6.07, 6.45) is 0. The molecule has 0 fully saturated rings. The molecular weight excluding hydrogens is 232 g/mol. The van der Waals surface area contributed by atoms with Gasteiger partial charge in [-0.1, -0.05) is 13.8 Å². The summed E-state index contributed by atoms with van der Waals surface area (Å²) < 4.78 is 10.4. The Morgan fingerprint density at radius 2 is 1.94 bits per heavy atom. The zero-order valence-corrected chi connectivity index (χ0v) is 12.2. The van der Waals surface area contributed by atoms with Crippen LogP contribution in [0.4, 0.5) is 0 Å². The maximum Gasteiger partial charge on any atom is 0.324 e. The number of likely N-dealkylation sites (N-methyl/N-ethyl adjacent to an activating group) is 2. The molecule has 0 amide bonds. The normalized spacial score (nSPS) is 12.7. The second kappa shape index (κ2) is 11.4. The van der Waals surface area contributed by atoms with Gasteiger partial charge in [0.05, 0.1) is 13.2 Å². The molecule has 0 saturated heterocycles. The van der Waals surface area contributed by atoms with Crippen molar-refractivity contribution in [3.8, 4) is 0 Å². The van der Waals surface area contributed by atoms with E-state index in [9.17, 15) is 4.79 Å². The van der Waals surface area contributed by atoms with Crippen molar-refractivity contribution in [3.63, 3.8) is 0 Å². The Kier molecular flexibility index (Phi) is 11.0. The van der Waals surface area contributed by atoms with Gasteiger partial charge in [-0.2, -0.15) is 0 Å². The van der Waals surface area contributed by atoms with Crippen molar-refractivity contribution in [1.29, 1.82) is 0 Å². The molecule has 0 aromatic rings. The quantitative estimate of drug-likeness (QED) is 0.441. The predicted molar refractivity (Wildman–Crippen MR) is 72.7 cm³/mol. The number of nitrogens with zero attached hydrogens (tertiary/aromatic N) is 1. The molecule has 1 unspecified atom stereocenters. The third-order valence-electron chi connectivity index (χ3n) is 2.67. The van der Waals surface area contributed by atoms with Crippen molar-refractivity contribution >= 4 is 5.97 Å². The summed E-state index contributed by atoms with van der Waals surface area (Å²) in [5, 5.41) is 3.17. The first kappa shape index (κ1) is 17.4. The minimum absolute atomic E-state index is 0.172. The predicted octanol–water partition coefficient (Wildman–Crippen LogP) is 0.886. The minimum Gasteiger partial charge on any atom is -0.465 e. The Bertz CT molecular complexity index is 212. The van der Waals surface area contributed by atoms with Gasteiger partial charge in [0.25, 0.3) is 0 Å². The summed E-state index contributed by atoms with van der Waals surface area (Å²) >= 11 is 0. The van der Waals surface area contributed by atoms with Gasteiger partial charge in [0.15, 0.2) is 0 Å². The molecule has 0 rings (SSSR count). The van der Waals surface area contributed by atoms with E-state index in [0.29, 0.717) is 19.8 Å². The van der Waals surface area contributed by atoms with Gasteiger partial charge in [-0.3, -0.25) is 9.69 Å². The van der Waals surface area contributed by atoms with Crippen molar-refractivity contribution in [1.82, 2.24) is 10.2 Å². The van der Waals surface area contributed by atoms with Gasteiger partial charge in [-0.15, -0.1) is 0 Å². The number of rotatable bonds is 11. The topological polar surface area (TPSA) is 50.8 Å². The molecule has 0 aliphatic carbocycles. The van der Waals surface area contributed by atoms with Crippen LogP contribution in [0.2, 0.25) is 0 Å². The van der Waals surface area contributed by atoms with Gasteiger partial charge in [0.2, 0.25) is 0 Å². The highest BCUT2D eigenvalue weighted by Gasteiger charge is 2.21. The molecular formula is C13H28N2O3. The lowest BCUT2D eigenvalue weighted by Gasteiger charge is -2.25. The monoisotopic (exact) mass is 260 g/mol. The summed E-state index contributed by atoms with van der Waals surface area (Å²) in [6.45, 7) is 12.9. The fourth-order valence-corrected chi connectivity index (χ4v) is 1.69. The molecule has 0 heterocycles. The van der Waals surface area contributed by atoms with Crippen LogP contribution in [0.5, 0.6) is 0 Å². The van der Waals surface area contributed by atoms with E-state index in [-0.39, 0.29) is 12.0 Å². The van der Waals surface area contributed by atoms with Crippen molar-refractivity contribution < 1.29 is 14.3 Å². The minimum atomic E-state index is -0.253. The number of esters is 1. The lowest BCUT2D eigenvalue weighted by atomic mass is 10.2. The van der Waals surface area contributed by atoms with Gasteiger partial charge in [0.1, 0.15) is 6.04 Å². The van der Waals surface area contributed by atoms with Gasteiger partial charge >= 0.3 is 5.97 Å². The van der Waals surface area contributed by atoms with E-state index in [4.69, 9.17) is 9.47 Å². The van der Waals surface area contributed by atoms with Crippen LogP contribution in [0.15, 0.2) is 0 Å². The standard InChI is InChI=1S/C13H28N2O3/c1-5-14-12(13(16)18-8-4)11-15(6-2)9-10-17-7-3/h12,14H,5-11H2,1-4H3. The number of nitrogens with one attached hydrogen (secondary N) is 1. The SMILES string of the molecule is CCNC(CN(CC)CCOCC)C(=O)OCC. The third-order valence-corrected chi connectivity index (χ3v) is 2.67. The molecule has 0 aliphatic rings. The van der Waals surface area contributed by atoms with E-state index < -0.39 is 0 Å². The van der Waals surface area contributed by atoms with Crippen LogP contribution >= 0.6 is 0 Å². The smallest absolute Gasteiger partial charge is 0.324 e. The molecule has 0 radical (unpaired) electrons. The number of carbonyl (C=O) groups excluding carboxylic acids is 1. The third kappa shape index (κ3) is 7.63. The van der Waals surface area contributed by atoms with E-state index >= 15 is 0 Å². The lowest BCUT2D eigenvalue weighted by molar-refractivity contribution is -0.146. The van der Waals surface area contributed by atoms with Gasteiger partial charge in [-0.25, -0.2) is 0 Å². The van der Waals surface area contributed by atoms with E-state index in [1.54, 1.807) is 0 Å². The number of carbonyl (C=O) groups is 1. The van der Waals surface area contributed by atoms with Crippen molar-refractivity contribution in [3.05, 3.63) is 0 Å². The number of hydrogen-bond donors (Lipinski definition) is 1. The molecule has 0 aliphatic heterocycles. The summed E-state index contributed by atoms with van der Waals surface area (Å²) in [5.74, 6) is -0.172. The van der Waals surface area contributed by atoms with Crippen LogP contribution in [0.25, 0.3) is 0 Å². The Balaban J connectivity index is 4.20. The molecule has 0 bridgehead atoms. The zero-order chi connectivity index (χ0) is 13.8. The Morgan fingerprint density at radius 3 is 2.44 bits per heavy atom. The molecule has 18 heavy (non-hydrogen) atoms. The maximum absolute atomic E-state index is 11.8. The highest BCUT2D eigenvalue weighted by Crippen LogP contribution is 1.96. The first-order chi connectivity index (χ1) is 8.69. The molecule has 108 valence electrons. The largest absolute Gasteiger partial charge is 0.465 e. The van der Waals surface area contributed by atoms with E-state index in [1.807, 2.05) is 20.8 Å². The van der Waals surface area contributed by atoms with Gasteiger partial charge in [-0.05, 0) is 26.9 Å². The molecule has 0 saturated carbocycles. The van der Waals surface area contributed by atoms with Crippen LogP contribution in [0.3, 0.4) is 0 Å². The highest BCUT2D eigenvalue weighted by atomic mass is 16.5. The molecule has 1 N–H and O–H groups in total. The molecule has 5 nitrogen and oxygen atoms in total. The van der Waals surface area contributed by atoms with E-state index in [2.05, 4.69) is 17.1 Å². The second-order valence-corrected chi connectivity index (χ2v) is 3.95. The van der Waals surface area contributed by atoms with Crippen molar-refractivity contribution in [2.24, 2.45) is 0 Å². The molecule has 1 atom stereocenters. The zero-order valence-electron chi connectivity index (χ0n) is 12.2. The number of ether oxygens (including phenoxy) is 2.